The van der Waals surface area contributed by atoms with Crippen LogP contribution in [0.4, 0.5) is 24.5 Å². The number of halogens is 3. The number of anilines is 1. The number of hydrogen-bond acceptors (Lipinski definition) is 5. The van der Waals surface area contributed by atoms with Gasteiger partial charge in [0.25, 0.3) is 5.69 Å². The van der Waals surface area contributed by atoms with Crippen LogP contribution < -0.4 is 10.2 Å². The zero-order valence-corrected chi connectivity index (χ0v) is 14.3. The van der Waals surface area contributed by atoms with Gasteiger partial charge in [-0.05, 0) is 55.2 Å². The summed E-state index contributed by atoms with van der Waals surface area (Å²) < 4.78 is 43.6. The lowest BCUT2D eigenvalue weighted by molar-refractivity contribution is -0.384. The number of hydrazone groups is 1. The molecule has 142 valence electrons. The van der Waals surface area contributed by atoms with Crippen LogP contribution in [0, 0.1) is 10.1 Å². The first-order valence-electron chi connectivity index (χ1n) is 8.15. The number of methoxy groups -OCH3 is 1. The summed E-state index contributed by atoms with van der Waals surface area (Å²) >= 11 is 0. The predicted octanol–water partition coefficient (Wildman–Crippen LogP) is 4.77. The lowest BCUT2D eigenvalue weighted by Gasteiger charge is -2.18. The van der Waals surface area contributed by atoms with E-state index >= 15 is 0 Å². The molecule has 0 spiro atoms. The number of alkyl halides is 3. The van der Waals surface area contributed by atoms with E-state index in [4.69, 9.17) is 4.74 Å². The highest BCUT2D eigenvalue weighted by atomic mass is 19.4. The maximum absolute atomic E-state index is 12.8. The molecular formula is C18H16F3N3O3. The summed E-state index contributed by atoms with van der Waals surface area (Å²) in [7, 11) is 1.57. The van der Waals surface area contributed by atoms with Crippen LogP contribution in [0.15, 0.2) is 41.5 Å². The summed E-state index contributed by atoms with van der Waals surface area (Å²) in [6.45, 7) is 0. The van der Waals surface area contributed by atoms with Gasteiger partial charge in [-0.15, -0.1) is 0 Å². The van der Waals surface area contributed by atoms with E-state index in [0.29, 0.717) is 18.2 Å². The smallest absolute Gasteiger partial charge is 0.416 e. The Morgan fingerprint density at radius 1 is 1.19 bits per heavy atom. The Labute approximate surface area is 152 Å². The van der Waals surface area contributed by atoms with Gasteiger partial charge in [-0.1, -0.05) is 0 Å². The summed E-state index contributed by atoms with van der Waals surface area (Å²) in [4.78, 5) is 10.3. The van der Waals surface area contributed by atoms with Crippen LogP contribution in [0.2, 0.25) is 0 Å². The fraction of sp³-hybridized carbons (Fsp3) is 0.278. The molecule has 0 amide bonds. The molecule has 0 bridgehead atoms. The van der Waals surface area contributed by atoms with Crippen molar-refractivity contribution >= 4 is 17.1 Å². The number of nitrogens with zero attached hydrogens (tertiary/aromatic N) is 2. The summed E-state index contributed by atoms with van der Waals surface area (Å²) in [5.41, 5.74) is 3.33. The van der Waals surface area contributed by atoms with Gasteiger partial charge >= 0.3 is 6.18 Å². The third kappa shape index (κ3) is 4.02. The highest BCUT2D eigenvalue weighted by Gasteiger charge is 2.33. The van der Waals surface area contributed by atoms with Crippen molar-refractivity contribution in [3.63, 3.8) is 0 Å². The van der Waals surface area contributed by atoms with Crippen molar-refractivity contribution in [1.82, 2.24) is 0 Å². The number of benzene rings is 2. The molecule has 1 N–H and O–H groups in total. The maximum atomic E-state index is 12.8. The molecule has 0 saturated carbocycles. The first-order chi connectivity index (χ1) is 12.8. The van der Waals surface area contributed by atoms with Crippen LogP contribution in [-0.4, -0.2) is 17.7 Å². The van der Waals surface area contributed by atoms with E-state index in [1.165, 1.54) is 0 Å². The average molecular weight is 379 g/mol. The summed E-state index contributed by atoms with van der Waals surface area (Å²) in [6.07, 6.45) is -2.31. The average Bonchev–Trinajstić information content (AvgIpc) is 2.64. The van der Waals surface area contributed by atoms with Crippen molar-refractivity contribution in [3.05, 3.63) is 63.2 Å². The molecule has 0 heterocycles. The van der Waals surface area contributed by atoms with Crippen molar-refractivity contribution in [1.29, 1.82) is 0 Å². The largest absolute Gasteiger partial charge is 0.497 e. The number of ether oxygens (including phenoxy) is 1. The molecule has 1 aliphatic rings. The van der Waals surface area contributed by atoms with Gasteiger partial charge < -0.3 is 4.74 Å². The summed E-state index contributed by atoms with van der Waals surface area (Å²) in [5.74, 6) is 0.723. The zero-order chi connectivity index (χ0) is 19.6. The molecule has 0 saturated heterocycles. The van der Waals surface area contributed by atoms with Crippen LogP contribution in [-0.2, 0) is 12.6 Å². The van der Waals surface area contributed by atoms with Crippen LogP contribution in [0.3, 0.4) is 0 Å². The molecule has 2 aromatic rings. The van der Waals surface area contributed by atoms with E-state index < -0.39 is 22.4 Å². The molecule has 1 aliphatic carbocycles. The molecule has 0 atom stereocenters. The quantitative estimate of drug-likeness (QED) is 0.613. The minimum Gasteiger partial charge on any atom is -0.497 e. The van der Waals surface area contributed by atoms with Crippen molar-refractivity contribution in [3.8, 4) is 5.75 Å². The van der Waals surface area contributed by atoms with E-state index in [1.807, 2.05) is 12.1 Å². The van der Waals surface area contributed by atoms with Crippen molar-refractivity contribution in [2.45, 2.75) is 25.4 Å². The molecule has 9 heteroatoms. The number of aryl methyl sites for hydroxylation is 1. The Morgan fingerprint density at radius 2 is 1.96 bits per heavy atom. The summed E-state index contributed by atoms with van der Waals surface area (Å²) in [6, 6.07) is 7.86. The highest BCUT2D eigenvalue weighted by molar-refractivity contribution is 6.03. The van der Waals surface area contributed by atoms with E-state index in [9.17, 15) is 23.3 Å². The Balaban J connectivity index is 1.92. The van der Waals surface area contributed by atoms with Crippen molar-refractivity contribution in [2.75, 3.05) is 12.5 Å². The third-order valence-electron chi connectivity index (χ3n) is 4.32. The van der Waals surface area contributed by atoms with Gasteiger partial charge in [0.1, 0.15) is 11.4 Å². The minimum absolute atomic E-state index is 0.0962. The molecule has 0 unspecified atom stereocenters. The van der Waals surface area contributed by atoms with Crippen LogP contribution in [0.25, 0.3) is 0 Å². The first kappa shape index (κ1) is 18.7. The number of rotatable bonds is 4. The number of hydrogen-bond donors (Lipinski definition) is 1. The fourth-order valence-electron chi connectivity index (χ4n) is 2.96. The number of fused-ring (bicyclic) bond motifs is 1. The van der Waals surface area contributed by atoms with Crippen molar-refractivity contribution < 1.29 is 22.8 Å². The lowest BCUT2D eigenvalue weighted by atomic mass is 9.90. The molecular weight excluding hydrogens is 363 g/mol. The van der Waals surface area contributed by atoms with Gasteiger partial charge in [0.2, 0.25) is 0 Å². The second-order valence-electron chi connectivity index (χ2n) is 6.03. The Hall–Kier alpha value is -3.10. The lowest BCUT2D eigenvalue weighted by Crippen LogP contribution is -2.14. The van der Waals surface area contributed by atoms with E-state index in [-0.39, 0.29) is 5.69 Å². The van der Waals surface area contributed by atoms with Crippen LogP contribution in [0.5, 0.6) is 5.75 Å². The molecule has 3 rings (SSSR count). The Morgan fingerprint density at radius 3 is 2.63 bits per heavy atom. The summed E-state index contributed by atoms with van der Waals surface area (Å²) in [5, 5.41) is 15.4. The minimum atomic E-state index is -4.66. The van der Waals surface area contributed by atoms with E-state index in [0.717, 1.165) is 41.9 Å². The SMILES string of the molecule is COc1ccc2c(c1)CCC/C2=N\Nc1ccc(C(F)(F)F)cc1[N+](=O)[O-]. The molecule has 0 aromatic heterocycles. The Kier molecular flexibility index (Phi) is 5.02. The van der Waals surface area contributed by atoms with Gasteiger partial charge in [-0.3, -0.25) is 15.5 Å². The number of nitro groups is 1. The maximum Gasteiger partial charge on any atom is 0.416 e. The topological polar surface area (TPSA) is 76.8 Å². The second kappa shape index (κ2) is 7.26. The normalized spacial score (nSPS) is 15.3. The van der Waals surface area contributed by atoms with Crippen LogP contribution >= 0.6 is 0 Å². The van der Waals surface area contributed by atoms with Crippen LogP contribution in [0.1, 0.15) is 29.5 Å². The van der Waals surface area contributed by atoms with Gasteiger partial charge in [-0.2, -0.15) is 18.3 Å². The third-order valence-corrected chi connectivity index (χ3v) is 4.32. The van der Waals surface area contributed by atoms with Gasteiger partial charge in [0.15, 0.2) is 0 Å². The molecule has 0 fully saturated rings. The first-order valence-corrected chi connectivity index (χ1v) is 8.15. The van der Waals surface area contributed by atoms with E-state index in [1.54, 1.807) is 13.2 Å². The second-order valence-corrected chi connectivity index (χ2v) is 6.03. The predicted molar refractivity (Wildman–Crippen MR) is 94.2 cm³/mol. The van der Waals surface area contributed by atoms with Crippen molar-refractivity contribution in [2.24, 2.45) is 5.10 Å². The molecule has 0 aliphatic heterocycles. The molecule has 6 nitrogen and oxygen atoms in total. The monoisotopic (exact) mass is 379 g/mol. The Bertz CT molecular complexity index is 910. The van der Waals surface area contributed by atoms with Gasteiger partial charge in [0.05, 0.1) is 23.3 Å². The fourth-order valence-corrected chi connectivity index (χ4v) is 2.96. The van der Waals surface area contributed by atoms with E-state index in [2.05, 4.69) is 10.5 Å². The highest BCUT2D eigenvalue weighted by Crippen LogP contribution is 2.35. The van der Waals surface area contributed by atoms with Gasteiger partial charge in [0, 0.05) is 11.6 Å². The number of nitrogens with one attached hydrogen (secondary N) is 1. The molecule has 2 aromatic carbocycles. The zero-order valence-electron chi connectivity index (χ0n) is 14.3. The standard InChI is InChI=1S/C18H16F3N3O3/c1-27-13-6-7-14-11(9-13)3-2-4-15(14)22-23-16-8-5-12(18(19,20)21)10-17(16)24(25)26/h5-10,23H,2-4H2,1H3/b22-15+. The molecule has 27 heavy (non-hydrogen) atoms. The molecule has 0 radical (unpaired) electrons. The number of nitro benzene ring substituents is 1. The van der Waals surface area contributed by atoms with Gasteiger partial charge in [-0.25, -0.2) is 0 Å².